The average molecular weight is 303 g/mol. The number of imide groups is 1. The molecule has 1 aromatic heterocycles. The maximum Gasteiger partial charge on any atom is 0.322 e. The molecule has 7 nitrogen and oxygen atoms in total. The topological polar surface area (TPSA) is 96.0 Å². The minimum Gasteiger partial charge on any atom is -0.330 e. The highest BCUT2D eigenvalue weighted by Crippen LogP contribution is 2.21. The Morgan fingerprint density at radius 1 is 1.19 bits per heavy atom. The van der Waals surface area contributed by atoms with Gasteiger partial charge in [0.2, 0.25) is 5.13 Å². The number of anilines is 2. The van der Waals surface area contributed by atoms with Gasteiger partial charge >= 0.3 is 6.03 Å². The molecule has 1 aliphatic heterocycles. The number of nitrogens with one attached hydrogen (secondary N) is 3. The van der Waals surface area contributed by atoms with Gasteiger partial charge in [-0.15, -0.1) is 10.2 Å². The molecule has 3 rings (SSSR count). The molecular weight excluding hydrogens is 290 g/mol. The Morgan fingerprint density at radius 2 is 2.00 bits per heavy atom. The second-order valence-corrected chi connectivity index (χ2v) is 5.61. The Kier molecular flexibility index (Phi) is 3.78. The monoisotopic (exact) mass is 303 g/mol. The predicted octanol–water partition coefficient (Wildman–Crippen LogP) is 1.42. The first kappa shape index (κ1) is 13.5. The smallest absolute Gasteiger partial charge is 0.322 e. The Morgan fingerprint density at radius 3 is 2.71 bits per heavy atom. The Balaban J connectivity index is 1.56. The summed E-state index contributed by atoms with van der Waals surface area (Å²) in [6.07, 6.45) is 1.10. The highest BCUT2D eigenvalue weighted by atomic mass is 32.1. The number of rotatable bonds is 5. The molecule has 1 aromatic carbocycles. The number of hydrogen-bond donors (Lipinski definition) is 3. The van der Waals surface area contributed by atoms with Gasteiger partial charge in [0.1, 0.15) is 11.0 Å². The number of urea groups is 1. The first-order chi connectivity index (χ1) is 10.2. The van der Waals surface area contributed by atoms with Crippen molar-refractivity contribution in [3.05, 3.63) is 35.3 Å². The largest absolute Gasteiger partial charge is 0.330 e. The first-order valence-corrected chi connectivity index (χ1v) is 7.28. The van der Waals surface area contributed by atoms with Crippen molar-refractivity contribution in [1.82, 2.24) is 20.8 Å². The fraction of sp³-hybridized carbons (Fsp3) is 0.231. The lowest BCUT2D eigenvalue weighted by Gasteiger charge is -2.03. The normalized spacial score (nSPS) is 17.4. The molecule has 21 heavy (non-hydrogen) atoms. The zero-order valence-corrected chi connectivity index (χ0v) is 11.8. The van der Waals surface area contributed by atoms with Gasteiger partial charge in [-0.25, -0.2) is 4.79 Å². The number of para-hydroxylation sites is 1. The van der Waals surface area contributed by atoms with Crippen LogP contribution in [0.25, 0.3) is 0 Å². The summed E-state index contributed by atoms with van der Waals surface area (Å²) in [6.45, 7) is 0. The van der Waals surface area contributed by atoms with Gasteiger partial charge in [-0.2, -0.15) is 0 Å². The van der Waals surface area contributed by atoms with Crippen LogP contribution in [0.1, 0.15) is 11.4 Å². The Bertz CT molecular complexity index is 658. The molecule has 0 radical (unpaired) electrons. The van der Waals surface area contributed by atoms with Crippen molar-refractivity contribution in [2.75, 3.05) is 5.32 Å². The van der Waals surface area contributed by atoms with E-state index in [2.05, 4.69) is 26.1 Å². The number of aryl methyl sites for hydroxylation is 1. The number of carbonyl (C=O) groups is 2. The number of carbonyl (C=O) groups excluding carboxylic acids is 2. The van der Waals surface area contributed by atoms with E-state index in [1.165, 1.54) is 11.3 Å². The summed E-state index contributed by atoms with van der Waals surface area (Å²) in [6, 6.07) is 8.79. The molecule has 1 aliphatic rings. The standard InChI is InChI=1S/C13H13N5O2S/c19-11-9(15-12(20)16-11)6-7-10-17-18-13(21-10)14-8-4-2-1-3-5-8/h1-5,9H,6-7H2,(H,14,18)(H2,15,16,19,20)/t9-/m0/s1. The molecule has 0 spiro atoms. The van der Waals surface area contributed by atoms with Crippen LogP contribution in [0.15, 0.2) is 30.3 Å². The van der Waals surface area contributed by atoms with Crippen LogP contribution in [-0.4, -0.2) is 28.2 Å². The van der Waals surface area contributed by atoms with E-state index in [4.69, 9.17) is 0 Å². The number of benzene rings is 1. The highest BCUT2D eigenvalue weighted by molar-refractivity contribution is 7.15. The fourth-order valence-corrected chi connectivity index (χ4v) is 2.76. The van der Waals surface area contributed by atoms with Gasteiger partial charge < -0.3 is 10.6 Å². The number of hydrogen-bond acceptors (Lipinski definition) is 6. The van der Waals surface area contributed by atoms with Crippen molar-refractivity contribution < 1.29 is 9.59 Å². The van der Waals surface area contributed by atoms with Gasteiger partial charge in [0.15, 0.2) is 0 Å². The molecule has 3 N–H and O–H groups in total. The van der Waals surface area contributed by atoms with E-state index in [0.29, 0.717) is 18.0 Å². The second-order valence-electron chi connectivity index (χ2n) is 4.55. The van der Waals surface area contributed by atoms with E-state index in [1.807, 2.05) is 30.3 Å². The minimum atomic E-state index is -0.480. The molecule has 0 unspecified atom stereocenters. The summed E-state index contributed by atoms with van der Waals surface area (Å²) >= 11 is 1.44. The zero-order chi connectivity index (χ0) is 14.7. The van der Waals surface area contributed by atoms with Crippen molar-refractivity contribution >= 4 is 34.1 Å². The van der Waals surface area contributed by atoms with Crippen LogP contribution in [0.5, 0.6) is 0 Å². The van der Waals surface area contributed by atoms with Crippen LogP contribution < -0.4 is 16.0 Å². The lowest BCUT2D eigenvalue weighted by atomic mass is 10.1. The van der Waals surface area contributed by atoms with Crippen molar-refractivity contribution in [3.63, 3.8) is 0 Å². The van der Waals surface area contributed by atoms with Crippen molar-refractivity contribution in [3.8, 4) is 0 Å². The van der Waals surface area contributed by atoms with E-state index >= 15 is 0 Å². The molecule has 1 saturated heterocycles. The maximum atomic E-state index is 11.4. The minimum absolute atomic E-state index is 0.285. The van der Waals surface area contributed by atoms with E-state index in [1.54, 1.807) is 0 Å². The summed E-state index contributed by atoms with van der Waals surface area (Å²) in [5, 5.41) is 17.6. The predicted molar refractivity (Wildman–Crippen MR) is 78.4 cm³/mol. The second kappa shape index (κ2) is 5.88. The Hall–Kier alpha value is -2.48. The molecule has 0 bridgehead atoms. The number of nitrogens with zero attached hydrogens (tertiary/aromatic N) is 2. The third-order valence-corrected chi connectivity index (χ3v) is 3.90. The van der Waals surface area contributed by atoms with Crippen molar-refractivity contribution in [2.24, 2.45) is 0 Å². The van der Waals surface area contributed by atoms with Crippen molar-refractivity contribution in [2.45, 2.75) is 18.9 Å². The van der Waals surface area contributed by atoms with Crippen LogP contribution in [0.4, 0.5) is 15.6 Å². The van der Waals surface area contributed by atoms with Gasteiger partial charge in [-0.05, 0) is 18.6 Å². The van der Waals surface area contributed by atoms with Crippen LogP contribution in [0.2, 0.25) is 0 Å². The lowest BCUT2D eigenvalue weighted by molar-refractivity contribution is -0.120. The maximum absolute atomic E-state index is 11.4. The van der Waals surface area contributed by atoms with Crippen LogP contribution in [0, 0.1) is 0 Å². The molecule has 0 aliphatic carbocycles. The van der Waals surface area contributed by atoms with E-state index < -0.39 is 12.1 Å². The fourth-order valence-electron chi connectivity index (χ4n) is 1.98. The van der Waals surface area contributed by atoms with Crippen LogP contribution >= 0.6 is 11.3 Å². The van der Waals surface area contributed by atoms with E-state index in [-0.39, 0.29) is 5.91 Å². The third kappa shape index (κ3) is 3.34. The number of amides is 3. The van der Waals surface area contributed by atoms with Gasteiger partial charge in [-0.1, -0.05) is 29.5 Å². The summed E-state index contributed by atoms with van der Waals surface area (Å²) in [7, 11) is 0. The molecule has 1 atom stereocenters. The summed E-state index contributed by atoms with van der Waals surface area (Å²) in [5.74, 6) is -0.285. The molecule has 8 heteroatoms. The third-order valence-electron chi connectivity index (χ3n) is 3.00. The van der Waals surface area contributed by atoms with Gasteiger partial charge in [0.05, 0.1) is 0 Å². The van der Waals surface area contributed by atoms with Crippen molar-refractivity contribution in [1.29, 1.82) is 0 Å². The molecule has 2 heterocycles. The molecule has 1 fully saturated rings. The van der Waals surface area contributed by atoms with E-state index in [9.17, 15) is 9.59 Å². The summed E-state index contributed by atoms with van der Waals surface area (Å²) in [5.41, 5.74) is 0.947. The average Bonchev–Trinajstić information content (AvgIpc) is 3.04. The molecule has 2 aromatic rings. The summed E-state index contributed by atoms with van der Waals surface area (Å²) in [4.78, 5) is 22.4. The van der Waals surface area contributed by atoms with Crippen LogP contribution in [0.3, 0.4) is 0 Å². The SMILES string of the molecule is O=C1NC(=O)[C@H](CCc2nnc(Nc3ccccc3)s2)N1. The molecule has 108 valence electrons. The van der Waals surface area contributed by atoms with Gasteiger partial charge in [0.25, 0.3) is 5.91 Å². The Labute approximate surface area is 124 Å². The first-order valence-electron chi connectivity index (χ1n) is 6.46. The van der Waals surface area contributed by atoms with Gasteiger partial charge in [-0.3, -0.25) is 10.1 Å². The number of aromatic nitrogens is 2. The quantitative estimate of drug-likeness (QED) is 0.726. The summed E-state index contributed by atoms with van der Waals surface area (Å²) < 4.78 is 0. The highest BCUT2D eigenvalue weighted by Gasteiger charge is 2.29. The van der Waals surface area contributed by atoms with Gasteiger partial charge in [0, 0.05) is 12.1 Å². The zero-order valence-electron chi connectivity index (χ0n) is 11.0. The van der Waals surface area contributed by atoms with Crippen LogP contribution in [-0.2, 0) is 11.2 Å². The molecular formula is C13H13N5O2S. The lowest BCUT2D eigenvalue weighted by Crippen LogP contribution is -2.29. The van der Waals surface area contributed by atoms with E-state index in [0.717, 1.165) is 10.7 Å². The molecule has 3 amide bonds. The molecule has 0 saturated carbocycles.